The molecule has 0 amide bonds. The third kappa shape index (κ3) is 3.25. The number of hydrogen-bond acceptors (Lipinski definition) is 4. The molecule has 0 N–H and O–H groups in total. The maximum Gasteiger partial charge on any atom is 0.185 e. The Morgan fingerprint density at radius 3 is 2.62 bits per heavy atom. The molecule has 6 heteroatoms. The molecule has 0 aliphatic heterocycles. The molecule has 0 spiro atoms. The number of benzene rings is 2. The van der Waals surface area contributed by atoms with Crippen molar-refractivity contribution in [1.82, 2.24) is 14.8 Å². The van der Waals surface area contributed by atoms with E-state index in [1.165, 1.54) is 35.6 Å². The first kappa shape index (κ1) is 15.3. The number of rotatable bonds is 4. The quantitative estimate of drug-likeness (QED) is 0.547. The summed E-state index contributed by atoms with van der Waals surface area (Å²) in [6, 6.07) is 12.9. The number of carbonyl (C=O) groups is 1. The van der Waals surface area contributed by atoms with Gasteiger partial charge in [-0.25, -0.2) is 14.1 Å². The van der Waals surface area contributed by atoms with Gasteiger partial charge < -0.3 is 0 Å². The summed E-state index contributed by atoms with van der Waals surface area (Å²) < 4.78 is 15.4. The minimum atomic E-state index is -0.464. The maximum atomic E-state index is 14.1. The summed E-state index contributed by atoms with van der Waals surface area (Å²) in [5.41, 5.74) is 1.78. The number of nitriles is 1. The van der Waals surface area contributed by atoms with Crippen LogP contribution >= 0.6 is 0 Å². The second-order valence-corrected chi connectivity index (χ2v) is 4.94. The minimum absolute atomic E-state index is 0.222. The van der Waals surface area contributed by atoms with Crippen molar-refractivity contribution in [2.24, 2.45) is 0 Å². The molecule has 116 valence electrons. The summed E-state index contributed by atoms with van der Waals surface area (Å²) in [5.74, 6) is -0.686. The van der Waals surface area contributed by atoms with Gasteiger partial charge in [0.15, 0.2) is 5.78 Å². The molecule has 1 heterocycles. The third-order valence-corrected chi connectivity index (χ3v) is 3.36. The predicted molar refractivity (Wildman–Crippen MR) is 85.8 cm³/mol. The molecule has 0 aliphatic carbocycles. The Bertz CT molecular complexity index is 938. The van der Waals surface area contributed by atoms with Crippen molar-refractivity contribution >= 4 is 11.9 Å². The van der Waals surface area contributed by atoms with E-state index < -0.39 is 5.82 Å². The standard InChI is InChI=1S/C18H11FN4O/c19-16-9-13(3-7-17(16)23-12-21-11-22-23)4-8-18(24)15-5-1-14(10-20)2-6-15/h1-9,11-12H/b8-4+. The van der Waals surface area contributed by atoms with Gasteiger partial charge in [-0.1, -0.05) is 12.1 Å². The topological polar surface area (TPSA) is 71.6 Å². The van der Waals surface area contributed by atoms with Gasteiger partial charge in [0.1, 0.15) is 24.2 Å². The highest BCUT2D eigenvalue weighted by Crippen LogP contribution is 2.15. The van der Waals surface area contributed by atoms with Crippen LogP contribution in [0, 0.1) is 17.1 Å². The number of ketones is 1. The predicted octanol–water partition coefficient (Wildman–Crippen LogP) is 3.17. The SMILES string of the molecule is N#Cc1ccc(C(=O)/C=C/c2ccc(-n3cncn3)c(F)c2)cc1. The van der Waals surface area contributed by atoms with Crippen LogP contribution in [0.5, 0.6) is 0 Å². The monoisotopic (exact) mass is 318 g/mol. The summed E-state index contributed by atoms with van der Waals surface area (Å²) in [4.78, 5) is 15.8. The Balaban J connectivity index is 1.77. The number of carbonyl (C=O) groups excluding carboxylic acids is 1. The molecule has 0 atom stereocenters. The summed E-state index contributed by atoms with van der Waals surface area (Å²) in [7, 11) is 0. The largest absolute Gasteiger partial charge is 0.289 e. The van der Waals surface area contributed by atoms with E-state index in [0.29, 0.717) is 16.7 Å². The minimum Gasteiger partial charge on any atom is -0.289 e. The average molecular weight is 318 g/mol. The Morgan fingerprint density at radius 2 is 2.00 bits per heavy atom. The van der Waals surface area contributed by atoms with Crippen LogP contribution in [0.15, 0.2) is 61.2 Å². The zero-order chi connectivity index (χ0) is 16.9. The Hall–Kier alpha value is -3.59. The molecule has 0 radical (unpaired) electrons. The summed E-state index contributed by atoms with van der Waals surface area (Å²) in [6.07, 6.45) is 5.63. The van der Waals surface area contributed by atoms with Crippen LogP contribution in [-0.2, 0) is 0 Å². The second kappa shape index (κ2) is 6.67. The van der Waals surface area contributed by atoms with Crippen LogP contribution < -0.4 is 0 Å². The van der Waals surface area contributed by atoms with Gasteiger partial charge in [0, 0.05) is 5.56 Å². The van der Waals surface area contributed by atoms with Gasteiger partial charge in [-0.2, -0.15) is 10.4 Å². The summed E-state index contributed by atoms with van der Waals surface area (Å²) in [6.45, 7) is 0. The van der Waals surface area contributed by atoms with Crippen molar-refractivity contribution in [2.75, 3.05) is 0 Å². The first-order valence-electron chi connectivity index (χ1n) is 7.04. The van der Waals surface area contributed by atoms with E-state index in [0.717, 1.165) is 0 Å². The fraction of sp³-hybridized carbons (Fsp3) is 0. The molecule has 0 aliphatic rings. The average Bonchev–Trinajstić information content (AvgIpc) is 3.14. The number of aromatic nitrogens is 3. The maximum absolute atomic E-state index is 14.1. The highest BCUT2D eigenvalue weighted by Gasteiger charge is 2.06. The normalized spacial score (nSPS) is 10.7. The van der Waals surface area contributed by atoms with Crippen molar-refractivity contribution in [3.63, 3.8) is 0 Å². The van der Waals surface area contributed by atoms with Crippen molar-refractivity contribution < 1.29 is 9.18 Å². The van der Waals surface area contributed by atoms with E-state index >= 15 is 0 Å². The first-order chi connectivity index (χ1) is 11.7. The van der Waals surface area contributed by atoms with Crippen molar-refractivity contribution in [3.05, 3.63) is 83.7 Å². The van der Waals surface area contributed by atoms with Gasteiger partial charge in [0.25, 0.3) is 0 Å². The van der Waals surface area contributed by atoms with Crippen LogP contribution in [0.2, 0.25) is 0 Å². The van der Waals surface area contributed by atoms with Gasteiger partial charge in [-0.15, -0.1) is 0 Å². The van der Waals surface area contributed by atoms with Gasteiger partial charge in [-0.05, 0) is 48.0 Å². The number of allylic oxidation sites excluding steroid dienone is 1. The lowest BCUT2D eigenvalue weighted by atomic mass is 10.1. The Morgan fingerprint density at radius 1 is 1.21 bits per heavy atom. The van der Waals surface area contributed by atoms with E-state index in [4.69, 9.17) is 5.26 Å². The molecular formula is C18H11FN4O. The zero-order valence-corrected chi connectivity index (χ0v) is 12.4. The molecule has 0 bridgehead atoms. The van der Waals surface area contributed by atoms with Gasteiger partial charge >= 0.3 is 0 Å². The summed E-state index contributed by atoms with van der Waals surface area (Å²) >= 11 is 0. The third-order valence-electron chi connectivity index (χ3n) is 3.36. The van der Waals surface area contributed by atoms with Crippen molar-refractivity contribution in [2.45, 2.75) is 0 Å². The lowest BCUT2D eigenvalue weighted by Crippen LogP contribution is -1.98. The highest BCUT2D eigenvalue weighted by atomic mass is 19.1. The van der Waals surface area contributed by atoms with E-state index in [2.05, 4.69) is 10.1 Å². The first-order valence-corrected chi connectivity index (χ1v) is 7.04. The molecule has 0 saturated carbocycles. The molecule has 3 rings (SSSR count). The summed E-state index contributed by atoms with van der Waals surface area (Å²) in [5, 5.41) is 12.6. The Kier molecular flexibility index (Phi) is 4.25. The molecule has 0 saturated heterocycles. The second-order valence-electron chi connectivity index (χ2n) is 4.94. The molecule has 0 unspecified atom stereocenters. The van der Waals surface area contributed by atoms with Crippen LogP contribution in [0.25, 0.3) is 11.8 Å². The molecule has 5 nitrogen and oxygen atoms in total. The van der Waals surface area contributed by atoms with Crippen LogP contribution in [0.1, 0.15) is 21.5 Å². The van der Waals surface area contributed by atoms with Gasteiger partial charge in [0.05, 0.1) is 11.6 Å². The molecule has 3 aromatic rings. The number of hydrogen-bond donors (Lipinski definition) is 0. The lowest BCUT2D eigenvalue weighted by molar-refractivity contribution is 0.104. The van der Waals surface area contributed by atoms with E-state index in [1.54, 1.807) is 36.4 Å². The van der Waals surface area contributed by atoms with Crippen molar-refractivity contribution in [1.29, 1.82) is 5.26 Å². The van der Waals surface area contributed by atoms with E-state index in [9.17, 15) is 9.18 Å². The number of halogens is 1. The fourth-order valence-electron chi connectivity index (χ4n) is 2.12. The van der Waals surface area contributed by atoms with Crippen LogP contribution in [0.3, 0.4) is 0 Å². The molecule has 0 fully saturated rings. The van der Waals surface area contributed by atoms with Gasteiger partial charge in [-0.3, -0.25) is 4.79 Å². The van der Waals surface area contributed by atoms with E-state index in [1.807, 2.05) is 6.07 Å². The molecule has 24 heavy (non-hydrogen) atoms. The zero-order valence-electron chi connectivity index (χ0n) is 12.4. The fourth-order valence-corrected chi connectivity index (χ4v) is 2.12. The smallest absolute Gasteiger partial charge is 0.185 e. The number of nitrogens with zero attached hydrogens (tertiary/aromatic N) is 4. The van der Waals surface area contributed by atoms with Crippen LogP contribution in [-0.4, -0.2) is 20.5 Å². The Labute approximate surface area is 137 Å². The molecule has 2 aromatic carbocycles. The van der Waals surface area contributed by atoms with Crippen LogP contribution in [0.4, 0.5) is 4.39 Å². The molecule has 1 aromatic heterocycles. The highest BCUT2D eigenvalue weighted by molar-refractivity contribution is 6.06. The van der Waals surface area contributed by atoms with Crippen molar-refractivity contribution in [3.8, 4) is 11.8 Å². The molecular weight excluding hydrogens is 307 g/mol. The van der Waals surface area contributed by atoms with E-state index in [-0.39, 0.29) is 11.5 Å². The lowest BCUT2D eigenvalue weighted by Gasteiger charge is -2.03. The van der Waals surface area contributed by atoms with Gasteiger partial charge in [0.2, 0.25) is 0 Å².